The summed E-state index contributed by atoms with van der Waals surface area (Å²) >= 11 is 0. The minimum Gasteiger partial charge on any atom is -0.478 e. The number of aromatic carboxylic acids is 1. The summed E-state index contributed by atoms with van der Waals surface area (Å²) in [4.78, 5) is 11.0. The van der Waals surface area contributed by atoms with Crippen LogP contribution in [-0.4, -0.2) is 17.6 Å². The van der Waals surface area contributed by atoms with Crippen LogP contribution in [0.4, 0.5) is 0 Å². The SMILES string of the molecule is C[C@@]1(CNCc2cccc(C(=O)O)c2)C[C@H]1c1ccccc1. The molecule has 0 aromatic heterocycles. The summed E-state index contributed by atoms with van der Waals surface area (Å²) in [6.45, 7) is 3.97. The largest absolute Gasteiger partial charge is 0.478 e. The molecule has 0 bridgehead atoms. The summed E-state index contributed by atoms with van der Waals surface area (Å²) in [7, 11) is 0. The molecule has 0 radical (unpaired) electrons. The van der Waals surface area contributed by atoms with E-state index >= 15 is 0 Å². The smallest absolute Gasteiger partial charge is 0.335 e. The van der Waals surface area contributed by atoms with Crippen molar-refractivity contribution in [3.05, 3.63) is 71.3 Å². The van der Waals surface area contributed by atoms with Gasteiger partial charge in [-0.2, -0.15) is 0 Å². The van der Waals surface area contributed by atoms with Crippen molar-refractivity contribution >= 4 is 5.97 Å². The lowest BCUT2D eigenvalue weighted by molar-refractivity contribution is 0.0696. The Morgan fingerprint density at radius 2 is 2.00 bits per heavy atom. The van der Waals surface area contributed by atoms with E-state index in [0.717, 1.165) is 12.1 Å². The molecule has 1 fully saturated rings. The second-order valence-electron chi connectivity index (χ2n) is 6.43. The van der Waals surface area contributed by atoms with E-state index in [0.29, 0.717) is 23.4 Å². The fraction of sp³-hybridized carbons (Fsp3) is 0.316. The maximum atomic E-state index is 11.0. The van der Waals surface area contributed by atoms with Gasteiger partial charge < -0.3 is 10.4 Å². The normalized spacial score (nSPS) is 23.2. The lowest BCUT2D eigenvalue weighted by Gasteiger charge is -2.13. The Kier molecular flexibility index (Phi) is 3.99. The molecule has 3 heteroatoms. The molecular weight excluding hydrogens is 274 g/mol. The van der Waals surface area contributed by atoms with Gasteiger partial charge in [0.05, 0.1) is 5.56 Å². The van der Waals surface area contributed by atoms with Crippen molar-refractivity contribution < 1.29 is 9.90 Å². The molecule has 1 aliphatic rings. The number of carboxylic acids is 1. The molecule has 0 amide bonds. The van der Waals surface area contributed by atoms with Crippen molar-refractivity contribution in [2.24, 2.45) is 5.41 Å². The fourth-order valence-corrected chi connectivity index (χ4v) is 3.12. The Labute approximate surface area is 131 Å². The molecule has 2 aromatic carbocycles. The Morgan fingerprint density at radius 3 is 2.73 bits per heavy atom. The van der Waals surface area contributed by atoms with Gasteiger partial charge in [-0.1, -0.05) is 49.4 Å². The second kappa shape index (κ2) is 5.93. The van der Waals surface area contributed by atoms with Crippen LogP contribution in [-0.2, 0) is 6.54 Å². The van der Waals surface area contributed by atoms with Crippen LogP contribution in [0.3, 0.4) is 0 Å². The minimum atomic E-state index is -0.875. The molecule has 1 saturated carbocycles. The van der Waals surface area contributed by atoms with Crippen molar-refractivity contribution in [1.82, 2.24) is 5.32 Å². The van der Waals surface area contributed by atoms with E-state index in [1.54, 1.807) is 18.2 Å². The van der Waals surface area contributed by atoms with Crippen LogP contribution in [0.2, 0.25) is 0 Å². The van der Waals surface area contributed by atoms with E-state index in [-0.39, 0.29) is 0 Å². The molecule has 0 aliphatic heterocycles. The summed E-state index contributed by atoms with van der Waals surface area (Å²) in [5.74, 6) is -0.244. The summed E-state index contributed by atoms with van der Waals surface area (Å²) in [6, 6.07) is 17.8. The van der Waals surface area contributed by atoms with Crippen LogP contribution in [0.5, 0.6) is 0 Å². The number of carboxylic acid groups (broad SMARTS) is 1. The molecule has 114 valence electrons. The molecule has 2 atom stereocenters. The van der Waals surface area contributed by atoms with Gasteiger partial charge >= 0.3 is 5.97 Å². The minimum absolute atomic E-state index is 0.311. The van der Waals surface area contributed by atoms with Crippen molar-refractivity contribution in [2.75, 3.05) is 6.54 Å². The summed E-state index contributed by atoms with van der Waals surface area (Å²) in [5.41, 5.74) is 3.09. The predicted octanol–water partition coefficient (Wildman–Crippen LogP) is 3.67. The van der Waals surface area contributed by atoms with E-state index in [1.807, 2.05) is 6.07 Å². The highest BCUT2D eigenvalue weighted by atomic mass is 16.4. The predicted molar refractivity (Wildman–Crippen MR) is 87.0 cm³/mol. The first kappa shape index (κ1) is 14.8. The first-order valence-electron chi connectivity index (χ1n) is 7.66. The van der Waals surface area contributed by atoms with E-state index in [4.69, 9.17) is 5.11 Å². The Bertz CT molecular complexity index is 668. The third-order valence-corrected chi connectivity index (χ3v) is 4.59. The first-order chi connectivity index (χ1) is 10.6. The monoisotopic (exact) mass is 295 g/mol. The molecule has 0 saturated heterocycles. The van der Waals surface area contributed by atoms with Crippen molar-refractivity contribution in [3.63, 3.8) is 0 Å². The maximum Gasteiger partial charge on any atom is 0.335 e. The number of benzene rings is 2. The summed E-state index contributed by atoms with van der Waals surface area (Å²) in [6.07, 6.45) is 1.21. The van der Waals surface area contributed by atoms with E-state index in [2.05, 4.69) is 42.6 Å². The zero-order valence-corrected chi connectivity index (χ0v) is 12.8. The molecule has 22 heavy (non-hydrogen) atoms. The molecule has 3 nitrogen and oxygen atoms in total. The van der Waals surface area contributed by atoms with Gasteiger partial charge in [0.2, 0.25) is 0 Å². The molecule has 2 aromatic rings. The molecule has 0 unspecified atom stereocenters. The zero-order valence-electron chi connectivity index (χ0n) is 12.8. The fourth-order valence-electron chi connectivity index (χ4n) is 3.12. The van der Waals surface area contributed by atoms with Gasteiger partial charge in [-0.25, -0.2) is 4.79 Å². The van der Waals surface area contributed by atoms with Crippen LogP contribution in [0.15, 0.2) is 54.6 Å². The lowest BCUT2D eigenvalue weighted by Crippen LogP contribution is -2.22. The van der Waals surface area contributed by atoms with Gasteiger partial charge in [-0.05, 0) is 41.0 Å². The van der Waals surface area contributed by atoms with E-state index < -0.39 is 5.97 Å². The quantitative estimate of drug-likeness (QED) is 0.855. The average Bonchev–Trinajstić information content (AvgIpc) is 3.20. The third-order valence-electron chi connectivity index (χ3n) is 4.59. The Hall–Kier alpha value is -2.13. The molecule has 3 rings (SSSR count). The molecule has 0 heterocycles. The van der Waals surface area contributed by atoms with Gasteiger partial charge in [-0.15, -0.1) is 0 Å². The summed E-state index contributed by atoms with van der Waals surface area (Å²) in [5, 5.41) is 12.5. The summed E-state index contributed by atoms with van der Waals surface area (Å²) < 4.78 is 0. The van der Waals surface area contributed by atoms with Crippen molar-refractivity contribution in [1.29, 1.82) is 0 Å². The molecular formula is C19H21NO2. The van der Waals surface area contributed by atoms with E-state index in [1.165, 1.54) is 12.0 Å². The van der Waals surface area contributed by atoms with Gasteiger partial charge in [0.1, 0.15) is 0 Å². The van der Waals surface area contributed by atoms with Crippen LogP contribution in [0.25, 0.3) is 0 Å². The standard InChI is InChI=1S/C19H21NO2/c1-19(11-17(19)15-7-3-2-4-8-15)13-20-12-14-6-5-9-16(10-14)18(21)22/h2-10,17,20H,11-13H2,1H3,(H,21,22)/t17-,19-/m0/s1. The molecule has 2 N–H and O–H groups in total. The highest BCUT2D eigenvalue weighted by Crippen LogP contribution is 2.58. The number of nitrogens with one attached hydrogen (secondary N) is 1. The van der Waals surface area contributed by atoms with Gasteiger partial charge in [-0.3, -0.25) is 0 Å². The highest BCUT2D eigenvalue weighted by molar-refractivity contribution is 5.87. The molecule has 1 aliphatic carbocycles. The number of carbonyl (C=O) groups is 1. The Morgan fingerprint density at radius 1 is 1.23 bits per heavy atom. The highest BCUT2D eigenvalue weighted by Gasteiger charge is 2.49. The number of hydrogen-bond acceptors (Lipinski definition) is 2. The Balaban J connectivity index is 1.54. The number of hydrogen-bond donors (Lipinski definition) is 2. The van der Waals surface area contributed by atoms with Crippen LogP contribution in [0.1, 0.15) is 40.7 Å². The number of rotatable bonds is 6. The topological polar surface area (TPSA) is 49.3 Å². The lowest BCUT2D eigenvalue weighted by atomic mass is 10.0. The average molecular weight is 295 g/mol. The second-order valence-corrected chi connectivity index (χ2v) is 6.43. The molecule has 0 spiro atoms. The zero-order chi connectivity index (χ0) is 15.6. The van der Waals surface area contributed by atoms with Crippen LogP contribution >= 0.6 is 0 Å². The van der Waals surface area contributed by atoms with Gasteiger partial charge in [0.25, 0.3) is 0 Å². The van der Waals surface area contributed by atoms with Crippen molar-refractivity contribution in [3.8, 4) is 0 Å². The van der Waals surface area contributed by atoms with Crippen LogP contribution < -0.4 is 5.32 Å². The van der Waals surface area contributed by atoms with Gasteiger partial charge in [0.15, 0.2) is 0 Å². The van der Waals surface area contributed by atoms with E-state index in [9.17, 15) is 4.79 Å². The van der Waals surface area contributed by atoms with Crippen LogP contribution in [0, 0.1) is 5.41 Å². The maximum absolute atomic E-state index is 11.0. The van der Waals surface area contributed by atoms with Gasteiger partial charge in [0, 0.05) is 13.1 Å². The van der Waals surface area contributed by atoms with Crippen molar-refractivity contribution in [2.45, 2.75) is 25.8 Å². The third kappa shape index (κ3) is 3.20. The first-order valence-corrected chi connectivity index (χ1v) is 7.66.